The van der Waals surface area contributed by atoms with E-state index >= 15 is 0 Å². The molecule has 1 saturated heterocycles. The van der Waals surface area contributed by atoms with Gasteiger partial charge in [-0.1, -0.05) is 0 Å². The van der Waals surface area contributed by atoms with Crippen LogP contribution in [0.2, 0.25) is 0 Å². The van der Waals surface area contributed by atoms with Crippen LogP contribution in [-0.4, -0.2) is 41.0 Å². The Balaban J connectivity index is 1.86. The van der Waals surface area contributed by atoms with Crippen molar-refractivity contribution in [1.82, 2.24) is 10.3 Å². The van der Waals surface area contributed by atoms with Gasteiger partial charge in [0.05, 0.1) is 11.1 Å². The molecule has 1 amide bonds. The van der Waals surface area contributed by atoms with E-state index in [1.54, 1.807) is 0 Å². The Morgan fingerprint density at radius 1 is 1.00 bits per heavy atom. The maximum atomic E-state index is 13.3. The fourth-order valence-electron chi connectivity index (χ4n) is 3.85. The minimum absolute atomic E-state index is 0.0801. The maximum Gasteiger partial charge on any atom is 0.417 e. The molecule has 1 fully saturated rings. The lowest BCUT2D eigenvalue weighted by Gasteiger charge is -2.35. The van der Waals surface area contributed by atoms with Gasteiger partial charge in [0.2, 0.25) is 0 Å². The highest BCUT2D eigenvalue weighted by molar-refractivity contribution is 8.32. The Bertz CT molecular complexity index is 920. The van der Waals surface area contributed by atoms with Gasteiger partial charge in [-0.05, 0) is 67.9 Å². The first-order valence-corrected chi connectivity index (χ1v) is 12.4. The molecule has 30 heavy (non-hydrogen) atoms. The lowest BCUT2D eigenvalue weighted by molar-refractivity contribution is -0.142. The predicted molar refractivity (Wildman–Crippen MR) is 107 cm³/mol. The number of halogens is 6. The minimum Gasteiger partial charge on any atom is -0.351 e. The summed E-state index contributed by atoms with van der Waals surface area (Å²) >= 11 is 0. The van der Waals surface area contributed by atoms with E-state index < -0.39 is 44.8 Å². The normalized spacial score (nSPS) is 19.9. The van der Waals surface area contributed by atoms with E-state index in [2.05, 4.69) is 22.8 Å². The number of fused-ring (bicyclic) bond motifs is 1. The molecule has 1 aliphatic rings. The van der Waals surface area contributed by atoms with Gasteiger partial charge in [0.15, 0.2) is 0 Å². The van der Waals surface area contributed by atoms with E-state index in [0.717, 1.165) is 43.3 Å². The molecule has 0 saturated carbocycles. The third-order valence-electron chi connectivity index (χ3n) is 5.45. The molecule has 2 N–H and O–H groups in total. The zero-order chi connectivity index (χ0) is 22.3. The molecular weight excluding hydrogens is 430 g/mol. The molecule has 1 aromatic heterocycles. The van der Waals surface area contributed by atoms with Gasteiger partial charge in [-0.3, -0.25) is 4.79 Å². The molecule has 3 rings (SSSR count). The Labute approximate surface area is 171 Å². The molecule has 0 aliphatic carbocycles. The molecule has 2 aromatic rings. The number of H-pyrrole nitrogens is 1. The number of benzene rings is 1. The Morgan fingerprint density at radius 2 is 1.60 bits per heavy atom. The van der Waals surface area contributed by atoms with Crippen molar-refractivity contribution in [2.45, 2.75) is 44.1 Å². The summed E-state index contributed by atoms with van der Waals surface area (Å²) in [5.41, 5.74) is -3.38. The number of carbonyl (C=O) groups excluding carboxylic acids is 1. The van der Waals surface area contributed by atoms with E-state index in [1.807, 2.05) is 0 Å². The van der Waals surface area contributed by atoms with E-state index in [4.69, 9.17) is 0 Å². The van der Waals surface area contributed by atoms with Crippen molar-refractivity contribution < 1.29 is 31.1 Å². The highest BCUT2D eigenvalue weighted by Gasteiger charge is 2.38. The van der Waals surface area contributed by atoms with E-state index in [0.29, 0.717) is 6.07 Å². The summed E-state index contributed by atoms with van der Waals surface area (Å²) in [5.74, 6) is 1.59. The second-order valence-electron chi connectivity index (χ2n) is 8.29. The van der Waals surface area contributed by atoms with Crippen molar-refractivity contribution in [2.75, 3.05) is 24.0 Å². The number of hydrogen-bond donors (Lipinski definition) is 2. The number of rotatable bonds is 2. The number of aromatic amines is 1. The maximum absolute atomic E-state index is 13.3. The van der Waals surface area contributed by atoms with Gasteiger partial charge in [0, 0.05) is 16.9 Å². The van der Waals surface area contributed by atoms with Gasteiger partial charge in [-0.25, -0.2) is 10.0 Å². The highest BCUT2D eigenvalue weighted by atomic mass is 32.3. The van der Waals surface area contributed by atoms with Gasteiger partial charge >= 0.3 is 12.4 Å². The van der Waals surface area contributed by atoms with Crippen LogP contribution in [0.5, 0.6) is 0 Å². The largest absolute Gasteiger partial charge is 0.417 e. The lowest BCUT2D eigenvalue weighted by atomic mass is 10.0. The number of hydrogen-bond acceptors (Lipinski definition) is 1. The molecule has 0 atom stereocenters. The quantitative estimate of drug-likeness (QED) is 0.542. The number of carbonyl (C=O) groups is 1. The summed E-state index contributed by atoms with van der Waals surface area (Å²) in [7, 11) is -0.616. The molecule has 1 aromatic carbocycles. The molecule has 168 valence electrons. The van der Waals surface area contributed by atoms with E-state index in [-0.39, 0.29) is 23.3 Å². The van der Waals surface area contributed by atoms with Gasteiger partial charge < -0.3 is 10.3 Å². The number of alkyl halides is 6. The van der Waals surface area contributed by atoms with Crippen molar-refractivity contribution in [3.63, 3.8) is 0 Å². The van der Waals surface area contributed by atoms with Crippen molar-refractivity contribution in [3.8, 4) is 0 Å². The number of aromatic nitrogens is 1. The lowest BCUT2D eigenvalue weighted by Crippen LogP contribution is -2.36. The summed E-state index contributed by atoms with van der Waals surface area (Å²) in [6.45, 7) is 0. The average molecular weight is 454 g/mol. The summed E-state index contributed by atoms with van der Waals surface area (Å²) in [5, 5.41) is 2.37. The predicted octanol–water partition coefficient (Wildman–Crippen LogP) is 5.94. The second-order valence-corrected chi connectivity index (χ2v) is 12.6. The zero-order valence-corrected chi connectivity index (χ0v) is 17.5. The summed E-state index contributed by atoms with van der Waals surface area (Å²) < 4.78 is 79.1. The van der Waals surface area contributed by atoms with Crippen molar-refractivity contribution >= 4 is 26.8 Å². The molecular formula is C20H24F6N2OS. The first-order valence-electron chi connectivity index (χ1n) is 9.57. The molecule has 10 heteroatoms. The summed E-state index contributed by atoms with van der Waals surface area (Å²) in [6.07, 6.45) is -1.91. The SMILES string of the molecule is CS1(C)CCCC(NC(=O)c2cc3c(C(F)(F)F)cc(C(F)(F)F)cc3[nH]2)CCC1. The van der Waals surface area contributed by atoms with Crippen LogP contribution in [0.4, 0.5) is 26.3 Å². The fraction of sp³-hybridized carbons (Fsp3) is 0.550. The Kier molecular flexibility index (Phi) is 6.10. The average Bonchev–Trinajstić information content (AvgIpc) is 3.01. The molecule has 0 bridgehead atoms. The van der Waals surface area contributed by atoms with Crippen LogP contribution in [0.1, 0.15) is 47.3 Å². The van der Waals surface area contributed by atoms with Crippen molar-refractivity contribution in [1.29, 1.82) is 0 Å². The molecule has 2 heterocycles. The third-order valence-corrected chi connectivity index (χ3v) is 8.24. The standard InChI is InChI=1S/C20H24F6N2OS/c1-30(2)7-3-5-13(6-4-8-30)27-18(29)17-11-14-15(20(24,25)26)9-12(19(21,22)23)10-16(14)28-17/h9-11,13,28H,3-8H2,1-2H3,(H,27,29). The first-order chi connectivity index (χ1) is 13.8. The topological polar surface area (TPSA) is 44.9 Å². The second kappa shape index (κ2) is 8.01. The van der Waals surface area contributed by atoms with Gasteiger partial charge in [0.1, 0.15) is 5.69 Å². The smallest absolute Gasteiger partial charge is 0.351 e. The van der Waals surface area contributed by atoms with Gasteiger partial charge in [-0.15, -0.1) is 0 Å². The Hall–Kier alpha value is -1.84. The summed E-state index contributed by atoms with van der Waals surface area (Å²) in [6, 6.07) is 1.55. The van der Waals surface area contributed by atoms with Crippen LogP contribution in [0.3, 0.4) is 0 Å². The van der Waals surface area contributed by atoms with Crippen LogP contribution in [-0.2, 0) is 12.4 Å². The van der Waals surface area contributed by atoms with Crippen LogP contribution in [0.25, 0.3) is 10.9 Å². The van der Waals surface area contributed by atoms with Gasteiger partial charge in [0.25, 0.3) is 5.91 Å². The summed E-state index contributed by atoms with van der Waals surface area (Å²) in [4.78, 5) is 15.1. The number of amides is 1. The van der Waals surface area contributed by atoms with Crippen LogP contribution >= 0.6 is 10.0 Å². The molecule has 0 unspecified atom stereocenters. The van der Waals surface area contributed by atoms with Crippen LogP contribution < -0.4 is 5.32 Å². The molecule has 3 nitrogen and oxygen atoms in total. The monoisotopic (exact) mass is 454 g/mol. The number of nitrogens with one attached hydrogen (secondary N) is 2. The van der Waals surface area contributed by atoms with E-state index in [1.165, 1.54) is 0 Å². The Morgan fingerprint density at radius 3 is 2.13 bits per heavy atom. The van der Waals surface area contributed by atoms with Crippen LogP contribution in [0, 0.1) is 0 Å². The minimum atomic E-state index is -4.98. The molecule has 0 radical (unpaired) electrons. The third kappa shape index (κ3) is 5.25. The molecule has 0 spiro atoms. The van der Waals surface area contributed by atoms with E-state index in [9.17, 15) is 31.1 Å². The zero-order valence-electron chi connectivity index (χ0n) is 16.6. The highest BCUT2D eigenvalue weighted by Crippen LogP contribution is 2.43. The fourth-order valence-corrected chi connectivity index (χ4v) is 5.95. The van der Waals surface area contributed by atoms with Crippen molar-refractivity contribution in [3.05, 3.63) is 35.0 Å². The van der Waals surface area contributed by atoms with Gasteiger partial charge in [-0.2, -0.15) is 26.3 Å². The van der Waals surface area contributed by atoms with Crippen molar-refractivity contribution in [2.24, 2.45) is 0 Å². The van der Waals surface area contributed by atoms with Crippen LogP contribution in [0.15, 0.2) is 18.2 Å². The first kappa shape index (κ1) is 22.8. The molecule has 1 aliphatic heterocycles.